The molecule has 100 valence electrons. The second-order valence-electron chi connectivity index (χ2n) is 5.16. The molecular weight excluding hydrogens is 212 g/mol. The molecular formula is C14H28N2O. The van der Waals surface area contributed by atoms with E-state index < -0.39 is 0 Å². The molecule has 17 heavy (non-hydrogen) atoms. The van der Waals surface area contributed by atoms with Crippen LogP contribution in [0.15, 0.2) is 0 Å². The number of carbonyl (C=O) groups is 1. The van der Waals surface area contributed by atoms with Crippen LogP contribution >= 0.6 is 0 Å². The maximum atomic E-state index is 11.6. The fraction of sp³-hybridized carbons (Fsp3) is 0.929. The predicted octanol–water partition coefficient (Wildman–Crippen LogP) is 2.46. The monoisotopic (exact) mass is 240 g/mol. The minimum Gasteiger partial charge on any atom is -0.356 e. The van der Waals surface area contributed by atoms with Crippen molar-refractivity contribution in [1.29, 1.82) is 0 Å². The third-order valence-electron chi connectivity index (χ3n) is 3.55. The molecule has 0 aromatic rings. The summed E-state index contributed by atoms with van der Waals surface area (Å²) in [5.74, 6) is 0.945. The van der Waals surface area contributed by atoms with Gasteiger partial charge in [-0.2, -0.15) is 0 Å². The zero-order valence-electron chi connectivity index (χ0n) is 11.3. The van der Waals surface area contributed by atoms with Crippen LogP contribution in [0.25, 0.3) is 0 Å². The van der Waals surface area contributed by atoms with E-state index in [1.165, 1.54) is 38.5 Å². The van der Waals surface area contributed by atoms with E-state index in [2.05, 4.69) is 17.6 Å². The first-order chi connectivity index (χ1) is 8.33. The highest BCUT2D eigenvalue weighted by atomic mass is 16.1. The Morgan fingerprint density at radius 2 is 1.88 bits per heavy atom. The molecule has 0 saturated carbocycles. The molecule has 1 rings (SSSR count). The number of amides is 1. The van der Waals surface area contributed by atoms with Gasteiger partial charge >= 0.3 is 0 Å². The first kappa shape index (κ1) is 14.5. The minimum absolute atomic E-state index is 0.250. The largest absolute Gasteiger partial charge is 0.356 e. The Bertz CT molecular complexity index is 200. The average molecular weight is 240 g/mol. The molecule has 2 N–H and O–H groups in total. The van der Waals surface area contributed by atoms with Crippen molar-refractivity contribution in [3.8, 4) is 0 Å². The van der Waals surface area contributed by atoms with Gasteiger partial charge in [0.2, 0.25) is 5.91 Å². The fourth-order valence-electron chi connectivity index (χ4n) is 2.32. The smallest absolute Gasteiger partial charge is 0.220 e. The maximum absolute atomic E-state index is 11.6. The van der Waals surface area contributed by atoms with E-state index in [0.29, 0.717) is 12.3 Å². The van der Waals surface area contributed by atoms with E-state index in [9.17, 15) is 4.79 Å². The molecule has 1 aliphatic rings. The molecule has 1 fully saturated rings. The Hall–Kier alpha value is -0.570. The van der Waals surface area contributed by atoms with Crippen LogP contribution in [0.3, 0.4) is 0 Å². The summed E-state index contributed by atoms with van der Waals surface area (Å²) >= 11 is 0. The van der Waals surface area contributed by atoms with Gasteiger partial charge < -0.3 is 10.6 Å². The Labute approximate surface area is 106 Å². The van der Waals surface area contributed by atoms with E-state index >= 15 is 0 Å². The van der Waals surface area contributed by atoms with Crippen molar-refractivity contribution in [1.82, 2.24) is 10.6 Å². The zero-order chi connectivity index (χ0) is 12.3. The van der Waals surface area contributed by atoms with Crippen molar-refractivity contribution in [3.63, 3.8) is 0 Å². The molecule has 0 bridgehead atoms. The first-order valence-corrected chi connectivity index (χ1v) is 7.30. The molecule has 0 atom stereocenters. The first-order valence-electron chi connectivity index (χ1n) is 7.30. The van der Waals surface area contributed by atoms with E-state index in [4.69, 9.17) is 0 Å². The lowest BCUT2D eigenvalue weighted by atomic mass is 9.98. The molecule has 3 heteroatoms. The summed E-state index contributed by atoms with van der Waals surface area (Å²) in [5, 5.41) is 6.42. The molecule has 0 aliphatic carbocycles. The van der Waals surface area contributed by atoms with E-state index in [0.717, 1.165) is 26.1 Å². The summed E-state index contributed by atoms with van der Waals surface area (Å²) < 4.78 is 0. The molecule has 0 aromatic heterocycles. The van der Waals surface area contributed by atoms with Crippen molar-refractivity contribution in [2.45, 2.75) is 58.3 Å². The van der Waals surface area contributed by atoms with E-state index in [-0.39, 0.29) is 5.91 Å². The van der Waals surface area contributed by atoms with Crippen LogP contribution in [-0.2, 0) is 4.79 Å². The maximum Gasteiger partial charge on any atom is 0.220 e. The van der Waals surface area contributed by atoms with Gasteiger partial charge in [-0.05, 0) is 38.3 Å². The van der Waals surface area contributed by atoms with Crippen LogP contribution in [0.5, 0.6) is 0 Å². The Balaban J connectivity index is 1.93. The highest BCUT2D eigenvalue weighted by molar-refractivity contribution is 5.75. The molecule has 3 nitrogen and oxygen atoms in total. The summed E-state index contributed by atoms with van der Waals surface area (Å²) in [6.07, 6.45) is 9.23. The average Bonchev–Trinajstić information content (AvgIpc) is 2.37. The molecule has 1 amide bonds. The quantitative estimate of drug-likeness (QED) is 0.640. The number of rotatable bonds is 8. The molecule has 1 heterocycles. The van der Waals surface area contributed by atoms with Gasteiger partial charge in [0, 0.05) is 13.0 Å². The molecule has 0 aromatic carbocycles. The van der Waals surface area contributed by atoms with Crippen LogP contribution in [0.1, 0.15) is 58.3 Å². The van der Waals surface area contributed by atoms with Crippen molar-refractivity contribution >= 4 is 5.91 Å². The molecule has 1 aliphatic heterocycles. The predicted molar refractivity (Wildman–Crippen MR) is 72.0 cm³/mol. The van der Waals surface area contributed by atoms with Gasteiger partial charge in [0.05, 0.1) is 0 Å². The van der Waals surface area contributed by atoms with Crippen molar-refractivity contribution in [2.24, 2.45) is 5.92 Å². The van der Waals surface area contributed by atoms with Crippen LogP contribution in [0, 0.1) is 5.92 Å². The summed E-state index contributed by atoms with van der Waals surface area (Å²) in [6.45, 7) is 5.32. The van der Waals surface area contributed by atoms with E-state index in [1.54, 1.807) is 0 Å². The van der Waals surface area contributed by atoms with Gasteiger partial charge in [0.15, 0.2) is 0 Å². The number of hydrogen-bond donors (Lipinski definition) is 2. The van der Waals surface area contributed by atoms with Gasteiger partial charge in [-0.15, -0.1) is 0 Å². The third kappa shape index (κ3) is 7.37. The summed E-state index contributed by atoms with van der Waals surface area (Å²) in [4.78, 5) is 11.6. The van der Waals surface area contributed by atoms with Crippen LogP contribution < -0.4 is 10.6 Å². The number of carbonyl (C=O) groups excluding carboxylic acids is 1. The summed E-state index contributed by atoms with van der Waals surface area (Å²) in [6, 6.07) is 0. The lowest BCUT2D eigenvalue weighted by Gasteiger charge is -2.22. The zero-order valence-corrected chi connectivity index (χ0v) is 11.3. The van der Waals surface area contributed by atoms with Crippen LogP contribution in [0.2, 0.25) is 0 Å². The summed E-state index contributed by atoms with van der Waals surface area (Å²) in [5.41, 5.74) is 0. The second-order valence-corrected chi connectivity index (χ2v) is 5.16. The van der Waals surface area contributed by atoms with Gasteiger partial charge in [0.25, 0.3) is 0 Å². The van der Waals surface area contributed by atoms with Crippen molar-refractivity contribution in [3.05, 3.63) is 0 Å². The highest BCUT2D eigenvalue weighted by Crippen LogP contribution is 2.10. The van der Waals surface area contributed by atoms with Gasteiger partial charge in [-0.25, -0.2) is 0 Å². The standard InChI is InChI=1S/C14H28N2O/c1-2-3-4-5-6-7-14(17)16-12-13-8-10-15-11-9-13/h13,15H,2-12H2,1H3,(H,16,17). The Kier molecular flexibility index (Phi) is 8.06. The lowest BCUT2D eigenvalue weighted by Crippen LogP contribution is -2.35. The van der Waals surface area contributed by atoms with Gasteiger partial charge in [0.1, 0.15) is 0 Å². The molecule has 0 radical (unpaired) electrons. The fourth-order valence-corrected chi connectivity index (χ4v) is 2.32. The van der Waals surface area contributed by atoms with Crippen molar-refractivity contribution in [2.75, 3.05) is 19.6 Å². The van der Waals surface area contributed by atoms with E-state index in [1.807, 2.05) is 0 Å². The second kappa shape index (κ2) is 9.46. The number of nitrogens with one attached hydrogen (secondary N) is 2. The number of piperidine rings is 1. The Morgan fingerprint density at radius 1 is 1.18 bits per heavy atom. The lowest BCUT2D eigenvalue weighted by molar-refractivity contribution is -0.121. The minimum atomic E-state index is 0.250. The van der Waals surface area contributed by atoms with Crippen LogP contribution in [0.4, 0.5) is 0 Å². The summed E-state index contributed by atoms with van der Waals surface area (Å²) in [7, 11) is 0. The SMILES string of the molecule is CCCCCCCC(=O)NCC1CCNCC1. The van der Waals surface area contributed by atoms with Gasteiger partial charge in [-0.3, -0.25) is 4.79 Å². The van der Waals surface area contributed by atoms with Gasteiger partial charge in [-0.1, -0.05) is 32.6 Å². The van der Waals surface area contributed by atoms with Crippen molar-refractivity contribution < 1.29 is 4.79 Å². The number of unbranched alkanes of at least 4 members (excludes halogenated alkanes) is 4. The van der Waals surface area contributed by atoms with Crippen LogP contribution in [-0.4, -0.2) is 25.5 Å². The molecule has 0 spiro atoms. The molecule has 1 saturated heterocycles. The third-order valence-corrected chi connectivity index (χ3v) is 3.55. The molecule has 0 unspecified atom stereocenters. The highest BCUT2D eigenvalue weighted by Gasteiger charge is 2.13. The topological polar surface area (TPSA) is 41.1 Å². The Morgan fingerprint density at radius 3 is 2.59 bits per heavy atom. The normalized spacial score (nSPS) is 17.0. The number of hydrogen-bond acceptors (Lipinski definition) is 2.